The van der Waals surface area contributed by atoms with Crippen molar-refractivity contribution in [2.75, 3.05) is 31.9 Å². The zero-order chi connectivity index (χ0) is 15.0. The molecule has 0 atom stereocenters. The van der Waals surface area contributed by atoms with Gasteiger partial charge in [-0.2, -0.15) is 0 Å². The summed E-state index contributed by atoms with van der Waals surface area (Å²) >= 11 is 3.28. The predicted octanol–water partition coefficient (Wildman–Crippen LogP) is 1.12. The summed E-state index contributed by atoms with van der Waals surface area (Å²) in [6.07, 6.45) is 3.52. The maximum atomic E-state index is 12.4. The molecular formula is C14H17BrN4O2. The molecule has 1 aliphatic heterocycles. The third-order valence-corrected chi connectivity index (χ3v) is 4.56. The fourth-order valence-electron chi connectivity index (χ4n) is 2.47. The van der Waals surface area contributed by atoms with Crippen LogP contribution in [-0.2, 0) is 4.79 Å². The monoisotopic (exact) mass is 352 g/mol. The van der Waals surface area contributed by atoms with Gasteiger partial charge in [0.15, 0.2) is 0 Å². The number of hydrogen-bond donors (Lipinski definition) is 1. The molecule has 1 saturated heterocycles. The molecule has 0 aromatic carbocycles. The van der Waals surface area contributed by atoms with Crippen molar-refractivity contribution in [1.29, 1.82) is 0 Å². The highest BCUT2D eigenvalue weighted by molar-refractivity contribution is 9.10. The highest BCUT2D eigenvalue weighted by Crippen LogP contribution is 2.31. The molecule has 2 aliphatic rings. The molecule has 0 spiro atoms. The molecular weight excluding hydrogens is 336 g/mol. The quantitative estimate of drug-likeness (QED) is 0.864. The van der Waals surface area contributed by atoms with E-state index in [2.05, 4.69) is 20.9 Å². The maximum absolute atomic E-state index is 12.4. The number of nitrogen functional groups attached to an aromatic ring is 1. The minimum absolute atomic E-state index is 0.0679. The van der Waals surface area contributed by atoms with Crippen molar-refractivity contribution < 1.29 is 9.59 Å². The van der Waals surface area contributed by atoms with Crippen LogP contribution in [0.5, 0.6) is 0 Å². The SMILES string of the molecule is Nc1ncc(C(=O)N2CCN(C(=O)C3CC3)CC2)cc1Br. The van der Waals surface area contributed by atoms with E-state index in [-0.39, 0.29) is 17.7 Å². The van der Waals surface area contributed by atoms with E-state index < -0.39 is 0 Å². The van der Waals surface area contributed by atoms with Gasteiger partial charge in [-0.05, 0) is 34.8 Å². The molecule has 2 amide bonds. The van der Waals surface area contributed by atoms with Gasteiger partial charge in [0.1, 0.15) is 5.82 Å². The first-order valence-corrected chi connectivity index (χ1v) is 7.84. The summed E-state index contributed by atoms with van der Waals surface area (Å²) in [5.41, 5.74) is 6.14. The second-order valence-corrected chi connectivity index (χ2v) is 6.34. The summed E-state index contributed by atoms with van der Waals surface area (Å²) in [6, 6.07) is 1.69. The van der Waals surface area contributed by atoms with Crippen LogP contribution in [0.25, 0.3) is 0 Å². The van der Waals surface area contributed by atoms with E-state index in [0.29, 0.717) is 42.0 Å². The van der Waals surface area contributed by atoms with Crippen LogP contribution in [0, 0.1) is 5.92 Å². The summed E-state index contributed by atoms with van der Waals surface area (Å²) in [7, 11) is 0. The van der Waals surface area contributed by atoms with Crippen molar-refractivity contribution in [1.82, 2.24) is 14.8 Å². The van der Waals surface area contributed by atoms with Crippen LogP contribution >= 0.6 is 15.9 Å². The smallest absolute Gasteiger partial charge is 0.255 e. The standard InChI is InChI=1S/C14H17BrN4O2/c15-11-7-10(8-17-12(11)16)14(21)19-5-3-18(4-6-19)13(20)9-1-2-9/h7-9H,1-6H2,(H2,16,17). The lowest BCUT2D eigenvalue weighted by molar-refractivity contribution is -0.134. The van der Waals surface area contributed by atoms with E-state index in [9.17, 15) is 9.59 Å². The van der Waals surface area contributed by atoms with Gasteiger partial charge in [-0.15, -0.1) is 0 Å². The summed E-state index contributed by atoms with van der Waals surface area (Å²) in [5, 5.41) is 0. The van der Waals surface area contributed by atoms with Crippen molar-refractivity contribution in [2.45, 2.75) is 12.8 Å². The Labute approximate surface area is 131 Å². The summed E-state index contributed by atoms with van der Waals surface area (Å²) in [5.74, 6) is 0.789. The first-order valence-electron chi connectivity index (χ1n) is 7.05. The highest BCUT2D eigenvalue weighted by atomic mass is 79.9. The second-order valence-electron chi connectivity index (χ2n) is 5.48. The molecule has 1 saturated carbocycles. The van der Waals surface area contributed by atoms with E-state index >= 15 is 0 Å². The fourth-order valence-corrected chi connectivity index (χ4v) is 2.82. The molecule has 2 heterocycles. The van der Waals surface area contributed by atoms with Crippen LogP contribution < -0.4 is 5.73 Å². The van der Waals surface area contributed by atoms with Gasteiger partial charge in [0.25, 0.3) is 5.91 Å². The minimum Gasteiger partial charge on any atom is -0.383 e. The van der Waals surface area contributed by atoms with Gasteiger partial charge >= 0.3 is 0 Å². The lowest BCUT2D eigenvalue weighted by atomic mass is 10.2. The highest BCUT2D eigenvalue weighted by Gasteiger charge is 2.35. The van der Waals surface area contributed by atoms with Gasteiger partial charge in [-0.1, -0.05) is 0 Å². The Bertz CT molecular complexity index is 580. The molecule has 21 heavy (non-hydrogen) atoms. The number of hydrogen-bond acceptors (Lipinski definition) is 4. The van der Waals surface area contributed by atoms with Crippen molar-refractivity contribution in [3.05, 3.63) is 22.3 Å². The number of carbonyl (C=O) groups is 2. The lowest BCUT2D eigenvalue weighted by Gasteiger charge is -2.35. The van der Waals surface area contributed by atoms with Crippen LogP contribution in [0.15, 0.2) is 16.7 Å². The molecule has 0 unspecified atom stereocenters. The molecule has 1 aromatic rings. The number of piperazine rings is 1. The first kappa shape index (κ1) is 14.3. The normalized spacial score (nSPS) is 18.7. The van der Waals surface area contributed by atoms with Crippen LogP contribution in [-0.4, -0.2) is 52.8 Å². The van der Waals surface area contributed by atoms with Crippen LogP contribution in [0.1, 0.15) is 23.2 Å². The van der Waals surface area contributed by atoms with Gasteiger partial charge in [-0.3, -0.25) is 9.59 Å². The summed E-state index contributed by atoms with van der Waals surface area (Å²) in [4.78, 5) is 32.0. The fraction of sp³-hybridized carbons (Fsp3) is 0.500. The van der Waals surface area contributed by atoms with Gasteiger partial charge < -0.3 is 15.5 Å². The zero-order valence-corrected chi connectivity index (χ0v) is 13.2. The van der Waals surface area contributed by atoms with Gasteiger partial charge in [-0.25, -0.2) is 4.98 Å². The number of carbonyl (C=O) groups excluding carboxylic acids is 2. The van der Waals surface area contributed by atoms with Crippen molar-refractivity contribution in [3.63, 3.8) is 0 Å². The van der Waals surface area contributed by atoms with E-state index in [4.69, 9.17) is 5.73 Å². The molecule has 1 aliphatic carbocycles. The van der Waals surface area contributed by atoms with E-state index in [1.165, 1.54) is 6.20 Å². The van der Waals surface area contributed by atoms with Gasteiger partial charge in [0, 0.05) is 38.3 Å². The molecule has 112 valence electrons. The number of halogens is 1. The Morgan fingerprint density at radius 3 is 2.38 bits per heavy atom. The Morgan fingerprint density at radius 2 is 1.81 bits per heavy atom. The largest absolute Gasteiger partial charge is 0.383 e. The number of rotatable bonds is 2. The van der Waals surface area contributed by atoms with E-state index in [1.807, 2.05) is 4.90 Å². The Balaban J connectivity index is 1.61. The van der Waals surface area contributed by atoms with Crippen molar-refractivity contribution >= 4 is 33.6 Å². The van der Waals surface area contributed by atoms with E-state index in [0.717, 1.165) is 12.8 Å². The number of anilines is 1. The zero-order valence-electron chi connectivity index (χ0n) is 11.6. The van der Waals surface area contributed by atoms with Crippen molar-refractivity contribution in [3.8, 4) is 0 Å². The predicted molar refractivity (Wildman–Crippen MR) is 81.6 cm³/mol. The molecule has 6 nitrogen and oxygen atoms in total. The number of pyridine rings is 1. The Morgan fingerprint density at radius 1 is 1.19 bits per heavy atom. The van der Waals surface area contributed by atoms with Gasteiger partial charge in [0.05, 0.1) is 10.0 Å². The Kier molecular flexibility index (Phi) is 3.84. The number of nitrogens with two attached hydrogens (primary N) is 1. The molecule has 0 bridgehead atoms. The van der Waals surface area contributed by atoms with Gasteiger partial charge in [0.2, 0.25) is 5.91 Å². The maximum Gasteiger partial charge on any atom is 0.255 e. The molecule has 0 radical (unpaired) electrons. The Hall–Kier alpha value is -1.63. The third kappa shape index (κ3) is 3.02. The topological polar surface area (TPSA) is 79.5 Å². The van der Waals surface area contributed by atoms with Crippen LogP contribution in [0.2, 0.25) is 0 Å². The van der Waals surface area contributed by atoms with Crippen LogP contribution in [0.3, 0.4) is 0 Å². The first-order chi connectivity index (χ1) is 10.1. The van der Waals surface area contributed by atoms with Crippen molar-refractivity contribution in [2.24, 2.45) is 5.92 Å². The van der Waals surface area contributed by atoms with E-state index in [1.54, 1.807) is 11.0 Å². The number of nitrogens with zero attached hydrogens (tertiary/aromatic N) is 3. The average molecular weight is 353 g/mol. The summed E-state index contributed by atoms with van der Waals surface area (Å²) in [6.45, 7) is 2.37. The third-order valence-electron chi connectivity index (χ3n) is 3.92. The molecule has 7 heteroatoms. The number of aromatic nitrogens is 1. The van der Waals surface area contributed by atoms with Crippen LogP contribution in [0.4, 0.5) is 5.82 Å². The molecule has 3 rings (SSSR count). The molecule has 1 aromatic heterocycles. The number of amides is 2. The molecule has 2 fully saturated rings. The lowest BCUT2D eigenvalue weighted by Crippen LogP contribution is -2.51. The average Bonchev–Trinajstić information content (AvgIpc) is 3.33. The second kappa shape index (κ2) is 5.63. The molecule has 2 N–H and O–H groups in total. The minimum atomic E-state index is -0.0679. The summed E-state index contributed by atoms with van der Waals surface area (Å²) < 4.78 is 0.621.